The van der Waals surface area contributed by atoms with Crippen LogP contribution in [0.4, 0.5) is 5.13 Å². The molecule has 0 spiro atoms. The summed E-state index contributed by atoms with van der Waals surface area (Å²) in [5.74, 6) is 1.26. The molecule has 0 aromatic carbocycles. The highest BCUT2D eigenvalue weighted by Crippen LogP contribution is 2.27. The molecule has 0 aliphatic heterocycles. The summed E-state index contributed by atoms with van der Waals surface area (Å²) in [6.07, 6.45) is 3.04. The van der Waals surface area contributed by atoms with Crippen LogP contribution in [0.5, 0.6) is 0 Å². The van der Waals surface area contributed by atoms with E-state index in [1.165, 1.54) is 11.5 Å². The smallest absolute Gasteiger partial charge is 0.202 e. The summed E-state index contributed by atoms with van der Waals surface area (Å²) in [7, 11) is 0. The van der Waals surface area contributed by atoms with Gasteiger partial charge >= 0.3 is 0 Å². The Kier molecular flexibility index (Phi) is 3.68. The quantitative estimate of drug-likeness (QED) is 0.871. The van der Waals surface area contributed by atoms with Crippen LogP contribution >= 0.6 is 11.5 Å². The molecule has 2 N–H and O–H groups in total. The second kappa shape index (κ2) is 4.90. The third-order valence-electron chi connectivity index (χ3n) is 3.23. The average Bonchev–Trinajstić information content (AvgIpc) is 2.82. The lowest BCUT2D eigenvalue weighted by Crippen LogP contribution is -2.22. The predicted molar refractivity (Wildman–Crippen MR) is 70.4 cm³/mol. The fraction of sp³-hybridized carbons (Fsp3) is 0.833. The fourth-order valence-corrected chi connectivity index (χ4v) is 2.84. The zero-order valence-electron chi connectivity index (χ0n) is 10.7. The number of anilines is 1. The van der Waals surface area contributed by atoms with Gasteiger partial charge < -0.3 is 10.4 Å². The predicted octanol–water partition coefficient (Wildman–Crippen LogP) is 2.41. The first kappa shape index (κ1) is 12.8. The van der Waals surface area contributed by atoms with Crippen molar-refractivity contribution >= 4 is 16.7 Å². The molecule has 2 rings (SSSR count). The lowest BCUT2D eigenvalue weighted by atomic mass is 9.96. The van der Waals surface area contributed by atoms with Crippen LogP contribution in [-0.2, 0) is 5.41 Å². The molecular formula is C12H21N3OS. The van der Waals surface area contributed by atoms with E-state index in [2.05, 4.69) is 35.4 Å². The summed E-state index contributed by atoms with van der Waals surface area (Å²) >= 11 is 1.41. The SMILES string of the molecule is CC(C)(C)c1nsc(NCC2CCCC2O)n1. The number of rotatable bonds is 3. The van der Waals surface area contributed by atoms with E-state index in [-0.39, 0.29) is 11.5 Å². The number of nitrogens with one attached hydrogen (secondary N) is 1. The van der Waals surface area contributed by atoms with Gasteiger partial charge in [-0.3, -0.25) is 0 Å². The van der Waals surface area contributed by atoms with Gasteiger partial charge in [-0.1, -0.05) is 27.2 Å². The maximum atomic E-state index is 9.73. The van der Waals surface area contributed by atoms with Gasteiger partial charge in [0.2, 0.25) is 5.13 Å². The van der Waals surface area contributed by atoms with Crippen molar-refractivity contribution in [2.24, 2.45) is 5.92 Å². The van der Waals surface area contributed by atoms with Gasteiger partial charge in [0.05, 0.1) is 6.10 Å². The number of aliphatic hydroxyl groups is 1. The van der Waals surface area contributed by atoms with E-state index in [0.717, 1.165) is 36.8 Å². The van der Waals surface area contributed by atoms with E-state index < -0.39 is 0 Å². The molecule has 1 fully saturated rings. The molecule has 2 atom stereocenters. The van der Waals surface area contributed by atoms with Gasteiger partial charge in [0.1, 0.15) is 5.82 Å². The molecule has 1 heterocycles. The van der Waals surface area contributed by atoms with Gasteiger partial charge in [0.25, 0.3) is 0 Å². The normalized spacial score (nSPS) is 25.2. The zero-order valence-corrected chi connectivity index (χ0v) is 11.5. The third kappa shape index (κ3) is 3.16. The van der Waals surface area contributed by atoms with E-state index in [0.29, 0.717) is 5.92 Å². The Morgan fingerprint density at radius 2 is 2.18 bits per heavy atom. The van der Waals surface area contributed by atoms with Gasteiger partial charge in [0.15, 0.2) is 0 Å². The highest BCUT2D eigenvalue weighted by Gasteiger charge is 2.25. The Hall–Kier alpha value is -0.680. The topological polar surface area (TPSA) is 58.0 Å². The van der Waals surface area contributed by atoms with Crippen LogP contribution < -0.4 is 5.32 Å². The molecule has 1 aliphatic rings. The van der Waals surface area contributed by atoms with Gasteiger partial charge in [-0.25, -0.2) is 4.98 Å². The van der Waals surface area contributed by atoms with Gasteiger partial charge in [-0.15, -0.1) is 0 Å². The third-order valence-corrected chi connectivity index (χ3v) is 3.90. The lowest BCUT2D eigenvalue weighted by Gasteiger charge is -2.14. The number of hydrogen-bond acceptors (Lipinski definition) is 5. The van der Waals surface area contributed by atoms with E-state index >= 15 is 0 Å². The minimum absolute atomic E-state index is 0.00328. The van der Waals surface area contributed by atoms with Crippen molar-refractivity contribution in [2.75, 3.05) is 11.9 Å². The van der Waals surface area contributed by atoms with Crippen molar-refractivity contribution in [3.63, 3.8) is 0 Å². The minimum Gasteiger partial charge on any atom is -0.393 e. The number of aliphatic hydroxyl groups excluding tert-OH is 1. The van der Waals surface area contributed by atoms with Crippen LogP contribution in [0, 0.1) is 5.92 Å². The summed E-state index contributed by atoms with van der Waals surface area (Å²) in [6.45, 7) is 7.14. The van der Waals surface area contributed by atoms with Crippen molar-refractivity contribution in [2.45, 2.75) is 51.6 Å². The fourth-order valence-electron chi connectivity index (χ4n) is 2.07. The molecule has 0 bridgehead atoms. The molecule has 0 saturated heterocycles. The number of aromatic nitrogens is 2. The molecule has 96 valence electrons. The van der Waals surface area contributed by atoms with E-state index in [1.54, 1.807) is 0 Å². The van der Waals surface area contributed by atoms with Crippen LogP contribution in [0.3, 0.4) is 0 Å². The molecule has 1 aromatic rings. The summed E-state index contributed by atoms with van der Waals surface area (Å²) in [5.41, 5.74) is 0.00328. The van der Waals surface area contributed by atoms with Gasteiger partial charge in [0, 0.05) is 29.4 Å². The number of nitrogens with zero attached hydrogens (tertiary/aromatic N) is 2. The molecule has 0 amide bonds. The first-order chi connectivity index (χ1) is 7.97. The maximum absolute atomic E-state index is 9.73. The van der Waals surface area contributed by atoms with Crippen molar-refractivity contribution in [1.29, 1.82) is 0 Å². The van der Waals surface area contributed by atoms with Crippen molar-refractivity contribution in [3.05, 3.63) is 5.82 Å². The highest BCUT2D eigenvalue weighted by atomic mass is 32.1. The highest BCUT2D eigenvalue weighted by molar-refractivity contribution is 7.09. The first-order valence-electron chi connectivity index (χ1n) is 6.23. The molecule has 2 unspecified atom stereocenters. The Bertz CT molecular complexity index is 372. The molecule has 4 nitrogen and oxygen atoms in total. The van der Waals surface area contributed by atoms with Gasteiger partial charge in [-0.05, 0) is 12.8 Å². The summed E-state index contributed by atoms with van der Waals surface area (Å²) < 4.78 is 4.36. The van der Waals surface area contributed by atoms with E-state index in [1.807, 2.05) is 0 Å². The van der Waals surface area contributed by atoms with Crippen molar-refractivity contribution in [3.8, 4) is 0 Å². The van der Waals surface area contributed by atoms with Crippen molar-refractivity contribution < 1.29 is 5.11 Å². The summed E-state index contributed by atoms with van der Waals surface area (Å²) in [5, 5.41) is 13.9. The van der Waals surface area contributed by atoms with Gasteiger partial charge in [-0.2, -0.15) is 4.37 Å². The Balaban J connectivity index is 1.89. The monoisotopic (exact) mass is 255 g/mol. The molecule has 1 aromatic heterocycles. The number of hydrogen-bond donors (Lipinski definition) is 2. The zero-order chi connectivity index (χ0) is 12.5. The molecule has 0 radical (unpaired) electrons. The van der Waals surface area contributed by atoms with Crippen LogP contribution in [0.1, 0.15) is 45.9 Å². The molecule has 1 saturated carbocycles. The van der Waals surface area contributed by atoms with Crippen molar-refractivity contribution in [1.82, 2.24) is 9.36 Å². The van der Waals surface area contributed by atoms with Crippen LogP contribution in [0.15, 0.2) is 0 Å². The first-order valence-corrected chi connectivity index (χ1v) is 7.00. The second-order valence-electron chi connectivity index (χ2n) is 5.81. The molecular weight excluding hydrogens is 234 g/mol. The Labute approximate surface area is 107 Å². The Morgan fingerprint density at radius 3 is 2.71 bits per heavy atom. The maximum Gasteiger partial charge on any atom is 0.202 e. The Morgan fingerprint density at radius 1 is 1.41 bits per heavy atom. The lowest BCUT2D eigenvalue weighted by molar-refractivity contribution is 0.138. The van der Waals surface area contributed by atoms with E-state index in [4.69, 9.17) is 0 Å². The van der Waals surface area contributed by atoms with Crippen LogP contribution in [0.2, 0.25) is 0 Å². The average molecular weight is 255 g/mol. The van der Waals surface area contributed by atoms with E-state index in [9.17, 15) is 5.11 Å². The largest absolute Gasteiger partial charge is 0.393 e. The summed E-state index contributed by atoms with van der Waals surface area (Å²) in [4.78, 5) is 4.48. The standard InChI is InChI=1S/C12H21N3OS/c1-12(2,3)10-14-11(17-15-10)13-7-8-5-4-6-9(8)16/h8-9,16H,4-7H2,1-3H3,(H,13,14,15). The van der Waals surface area contributed by atoms with Crippen LogP contribution in [-0.4, -0.2) is 27.1 Å². The molecule has 5 heteroatoms. The second-order valence-corrected chi connectivity index (χ2v) is 6.56. The summed E-state index contributed by atoms with van der Waals surface area (Å²) in [6, 6.07) is 0. The molecule has 1 aliphatic carbocycles. The minimum atomic E-state index is -0.141. The van der Waals surface area contributed by atoms with Crippen LogP contribution in [0.25, 0.3) is 0 Å². The molecule has 17 heavy (non-hydrogen) atoms.